The highest BCUT2D eigenvalue weighted by molar-refractivity contribution is 5.90. The van der Waals surface area contributed by atoms with Crippen LogP contribution in [0.3, 0.4) is 0 Å². The summed E-state index contributed by atoms with van der Waals surface area (Å²) in [6.45, 7) is 3.29. The summed E-state index contributed by atoms with van der Waals surface area (Å²) in [5, 5.41) is 1.27. The van der Waals surface area contributed by atoms with Crippen LogP contribution in [0.25, 0.3) is 10.9 Å². The van der Waals surface area contributed by atoms with E-state index in [0.29, 0.717) is 13.1 Å². The van der Waals surface area contributed by atoms with Crippen molar-refractivity contribution in [1.82, 2.24) is 19.9 Å². The van der Waals surface area contributed by atoms with E-state index < -0.39 is 0 Å². The molecule has 0 saturated heterocycles. The number of H-pyrrole nitrogens is 1. The Labute approximate surface area is 152 Å². The fourth-order valence-electron chi connectivity index (χ4n) is 4.40. The monoisotopic (exact) mass is 346 g/mol. The molecule has 3 aromatic rings. The lowest BCUT2D eigenvalue weighted by molar-refractivity contribution is -0.133. The van der Waals surface area contributed by atoms with Gasteiger partial charge in [0.15, 0.2) is 0 Å². The summed E-state index contributed by atoms with van der Waals surface area (Å²) in [7, 11) is 0. The molecule has 26 heavy (non-hydrogen) atoms. The Kier molecular flexibility index (Phi) is 3.55. The maximum absolute atomic E-state index is 13.3. The smallest absolute Gasteiger partial charge is 0.232 e. The first-order chi connectivity index (χ1) is 12.7. The summed E-state index contributed by atoms with van der Waals surface area (Å²) < 4.78 is 0. The average molecular weight is 346 g/mol. The van der Waals surface area contributed by atoms with Gasteiger partial charge in [-0.05, 0) is 30.9 Å². The molecule has 5 nitrogen and oxygen atoms in total. The highest BCUT2D eigenvalue weighted by Crippen LogP contribution is 2.38. The van der Waals surface area contributed by atoms with E-state index in [0.717, 1.165) is 54.0 Å². The summed E-state index contributed by atoms with van der Waals surface area (Å²) in [5.74, 6) is 1.00. The van der Waals surface area contributed by atoms with E-state index in [2.05, 4.69) is 40.1 Å². The van der Waals surface area contributed by atoms with Crippen LogP contribution in [0.15, 0.2) is 30.5 Å². The third-order valence-corrected chi connectivity index (χ3v) is 5.75. The number of fused-ring (bicyclic) bond motifs is 4. The third kappa shape index (κ3) is 2.34. The van der Waals surface area contributed by atoms with Gasteiger partial charge < -0.3 is 9.88 Å². The molecular weight excluding hydrogens is 324 g/mol. The summed E-state index contributed by atoms with van der Waals surface area (Å²) >= 11 is 0. The molecule has 2 aromatic heterocycles. The maximum Gasteiger partial charge on any atom is 0.232 e. The average Bonchev–Trinajstić information content (AvgIpc) is 3.27. The molecule has 0 spiro atoms. The Bertz CT molecular complexity index is 1010. The van der Waals surface area contributed by atoms with Gasteiger partial charge >= 0.3 is 0 Å². The normalized spacial score (nSPS) is 18.8. The number of hydrogen-bond donors (Lipinski definition) is 1. The Morgan fingerprint density at radius 2 is 2.19 bits per heavy atom. The second-order valence-corrected chi connectivity index (χ2v) is 7.31. The summed E-state index contributed by atoms with van der Waals surface area (Å²) in [4.78, 5) is 27.8. The third-order valence-electron chi connectivity index (χ3n) is 5.75. The van der Waals surface area contributed by atoms with Gasteiger partial charge in [0, 0.05) is 41.3 Å². The van der Waals surface area contributed by atoms with Crippen LogP contribution in [0.2, 0.25) is 0 Å². The number of nitrogens with one attached hydrogen (secondary N) is 1. The van der Waals surface area contributed by atoms with E-state index in [4.69, 9.17) is 0 Å². The van der Waals surface area contributed by atoms with E-state index in [1.165, 1.54) is 10.9 Å². The van der Waals surface area contributed by atoms with Crippen molar-refractivity contribution in [3.05, 3.63) is 58.8 Å². The molecule has 5 rings (SSSR count). The van der Waals surface area contributed by atoms with Gasteiger partial charge in [0.2, 0.25) is 5.91 Å². The number of aryl methyl sites for hydroxylation is 2. The summed E-state index contributed by atoms with van der Waals surface area (Å²) in [6, 6.07) is 8.37. The van der Waals surface area contributed by atoms with Crippen LogP contribution in [-0.4, -0.2) is 25.8 Å². The molecule has 0 unspecified atom stereocenters. The predicted molar refractivity (Wildman–Crippen MR) is 99.6 cm³/mol. The minimum absolute atomic E-state index is 0.0703. The Balaban J connectivity index is 1.46. The summed E-state index contributed by atoms with van der Waals surface area (Å²) in [6.07, 6.45) is 5.74. The van der Waals surface area contributed by atoms with E-state index in [1.54, 1.807) is 0 Å². The van der Waals surface area contributed by atoms with Crippen LogP contribution < -0.4 is 0 Å². The van der Waals surface area contributed by atoms with E-state index in [1.807, 2.05) is 17.2 Å². The lowest BCUT2D eigenvalue weighted by Crippen LogP contribution is -2.32. The number of aromatic nitrogens is 3. The zero-order chi connectivity index (χ0) is 17.7. The van der Waals surface area contributed by atoms with Crippen LogP contribution in [-0.2, 0) is 30.7 Å². The summed E-state index contributed by atoms with van der Waals surface area (Å²) in [5.41, 5.74) is 5.69. The van der Waals surface area contributed by atoms with Crippen LogP contribution in [0, 0.1) is 0 Å². The predicted octanol–water partition coefficient (Wildman–Crippen LogP) is 3.48. The number of amides is 1. The molecule has 0 radical (unpaired) electrons. The lowest BCUT2D eigenvalue weighted by Gasteiger charge is -2.26. The van der Waals surface area contributed by atoms with Gasteiger partial charge in [0.05, 0.1) is 18.2 Å². The number of rotatable bonds is 2. The van der Waals surface area contributed by atoms with Gasteiger partial charge in [-0.2, -0.15) is 0 Å². The number of nitrogens with zero attached hydrogens (tertiary/aromatic N) is 3. The molecule has 5 heteroatoms. The van der Waals surface area contributed by atoms with Crippen LogP contribution in [0.4, 0.5) is 0 Å². The number of benzene rings is 1. The Morgan fingerprint density at radius 1 is 1.31 bits per heavy atom. The van der Waals surface area contributed by atoms with Crippen molar-refractivity contribution in [2.24, 2.45) is 0 Å². The molecular formula is C21H22N4O. The lowest BCUT2D eigenvalue weighted by atomic mass is 9.86. The molecule has 1 aromatic carbocycles. The molecule has 2 aliphatic rings. The maximum atomic E-state index is 13.3. The van der Waals surface area contributed by atoms with Crippen LogP contribution in [0.1, 0.15) is 54.0 Å². The zero-order valence-corrected chi connectivity index (χ0v) is 15.0. The van der Waals surface area contributed by atoms with Crippen LogP contribution in [0.5, 0.6) is 0 Å². The van der Waals surface area contributed by atoms with Crippen molar-refractivity contribution in [2.45, 2.75) is 51.6 Å². The van der Waals surface area contributed by atoms with Crippen molar-refractivity contribution in [1.29, 1.82) is 0 Å². The zero-order valence-electron chi connectivity index (χ0n) is 15.0. The molecule has 0 saturated carbocycles. The van der Waals surface area contributed by atoms with Gasteiger partial charge in [-0.1, -0.05) is 25.1 Å². The van der Waals surface area contributed by atoms with Gasteiger partial charge in [0.25, 0.3) is 0 Å². The van der Waals surface area contributed by atoms with Gasteiger partial charge in [-0.25, -0.2) is 9.97 Å². The van der Waals surface area contributed by atoms with E-state index >= 15 is 0 Å². The molecule has 0 fully saturated rings. The highest BCUT2D eigenvalue weighted by atomic mass is 16.2. The first kappa shape index (κ1) is 15.6. The first-order valence-electron chi connectivity index (χ1n) is 9.46. The van der Waals surface area contributed by atoms with Gasteiger partial charge in [-0.3, -0.25) is 4.79 Å². The largest absolute Gasteiger partial charge is 0.357 e. The van der Waals surface area contributed by atoms with Crippen molar-refractivity contribution in [2.75, 3.05) is 0 Å². The minimum atomic E-state index is -0.0703. The van der Waals surface area contributed by atoms with Crippen molar-refractivity contribution >= 4 is 16.8 Å². The highest BCUT2D eigenvalue weighted by Gasteiger charge is 2.35. The second kappa shape index (κ2) is 5.94. The fourth-order valence-corrected chi connectivity index (χ4v) is 4.40. The number of carbonyl (C=O) groups excluding carboxylic acids is 1. The number of carbonyl (C=O) groups is 1. The standard InChI is InChI=1S/C21H22N4O/c1-2-19-22-10-13-11-25(12-18(13)23-19)21(26)16-8-5-7-15-14-6-3-4-9-17(14)24-20(15)16/h3-4,6,9-10,16,24H,2,5,7-8,11-12H2,1H3/t16-/m1/s1. The van der Waals surface area contributed by atoms with Gasteiger partial charge in [-0.15, -0.1) is 0 Å². The van der Waals surface area contributed by atoms with Crippen molar-refractivity contribution in [3.8, 4) is 0 Å². The Morgan fingerprint density at radius 3 is 3.08 bits per heavy atom. The first-order valence-corrected chi connectivity index (χ1v) is 9.46. The fraction of sp³-hybridized carbons (Fsp3) is 0.381. The quantitative estimate of drug-likeness (QED) is 0.773. The molecule has 1 atom stereocenters. The number of hydrogen-bond acceptors (Lipinski definition) is 3. The molecule has 0 bridgehead atoms. The molecule has 1 N–H and O–H groups in total. The van der Waals surface area contributed by atoms with Crippen molar-refractivity contribution < 1.29 is 4.79 Å². The topological polar surface area (TPSA) is 61.9 Å². The van der Waals surface area contributed by atoms with E-state index in [9.17, 15) is 4.79 Å². The molecule has 1 amide bonds. The molecule has 132 valence electrons. The second-order valence-electron chi connectivity index (χ2n) is 7.31. The SMILES string of the molecule is CCc1ncc2c(n1)CN(C(=O)[C@@H]1CCCc3c1[nH]c1ccccc31)C2. The molecule has 1 aliphatic carbocycles. The van der Waals surface area contributed by atoms with E-state index in [-0.39, 0.29) is 11.8 Å². The van der Waals surface area contributed by atoms with Crippen molar-refractivity contribution in [3.63, 3.8) is 0 Å². The number of aromatic amines is 1. The van der Waals surface area contributed by atoms with Gasteiger partial charge in [0.1, 0.15) is 5.82 Å². The molecule has 3 heterocycles. The molecule has 1 aliphatic heterocycles. The Hall–Kier alpha value is -2.69. The minimum Gasteiger partial charge on any atom is -0.357 e. The number of para-hydroxylation sites is 1. The van der Waals surface area contributed by atoms with Crippen LogP contribution >= 0.6 is 0 Å².